The van der Waals surface area contributed by atoms with Gasteiger partial charge in [-0.2, -0.15) is 0 Å². The number of rotatable bonds is 3. The molecule has 0 aliphatic rings. The topological polar surface area (TPSA) is 18.5 Å². The number of hydrogen-bond acceptors (Lipinski definition) is 3. The summed E-state index contributed by atoms with van der Waals surface area (Å²) in [5.41, 5.74) is 1.21. The Hall–Kier alpha value is -0.670. The van der Waals surface area contributed by atoms with Crippen LogP contribution in [-0.4, -0.2) is 6.26 Å². The van der Waals surface area contributed by atoms with Gasteiger partial charge < -0.3 is 4.89 Å². The van der Waals surface area contributed by atoms with Crippen LogP contribution in [0, 0.1) is 6.92 Å². The molecule has 0 fully saturated rings. The molecule has 0 N–H and O–H groups in total. The van der Waals surface area contributed by atoms with E-state index in [0.29, 0.717) is 0 Å². The number of hydrogen-bond donors (Lipinski definition) is 0. The van der Waals surface area contributed by atoms with E-state index in [1.54, 1.807) is 6.26 Å². The van der Waals surface area contributed by atoms with E-state index in [0.717, 1.165) is 5.75 Å². The van der Waals surface area contributed by atoms with E-state index in [1.807, 2.05) is 31.2 Å². The van der Waals surface area contributed by atoms with E-state index in [2.05, 4.69) is 4.33 Å². The van der Waals surface area contributed by atoms with Gasteiger partial charge in [0.15, 0.2) is 5.75 Å². The first-order valence-electron chi connectivity index (χ1n) is 3.27. The van der Waals surface area contributed by atoms with Gasteiger partial charge in [0.25, 0.3) is 0 Å². The molecular formula is C8H10O2S. The molecule has 0 aliphatic heterocycles. The normalized spacial score (nSPS) is 9.64. The van der Waals surface area contributed by atoms with Gasteiger partial charge in [-0.15, -0.1) is 4.33 Å². The summed E-state index contributed by atoms with van der Waals surface area (Å²) in [6.07, 6.45) is 1.80. The van der Waals surface area contributed by atoms with Crippen molar-refractivity contribution in [3.05, 3.63) is 29.8 Å². The minimum absolute atomic E-state index is 0.727. The second kappa shape index (κ2) is 4.26. The van der Waals surface area contributed by atoms with Gasteiger partial charge in [-0.3, -0.25) is 0 Å². The molecule has 0 unspecified atom stereocenters. The zero-order valence-electron chi connectivity index (χ0n) is 6.53. The summed E-state index contributed by atoms with van der Waals surface area (Å²) in [4.78, 5) is 4.87. The molecule has 11 heavy (non-hydrogen) atoms. The lowest BCUT2D eigenvalue weighted by molar-refractivity contribution is -0.0770. The largest absolute Gasteiger partial charge is 0.325 e. The molecule has 0 aliphatic carbocycles. The minimum Gasteiger partial charge on any atom is -0.325 e. The molecular weight excluding hydrogens is 160 g/mol. The zero-order valence-corrected chi connectivity index (χ0v) is 7.35. The Morgan fingerprint density at radius 2 is 1.82 bits per heavy atom. The van der Waals surface area contributed by atoms with E-state index in [9.17, 15) is 0 Å². The van der Waals surface area contributed by atoms with Crippen LogP contribution in [0.1, 0.15) is 5.56 Å². The van der Waals surface area contributed by atoms with Crippen LogP contribution in [0.3, 0.4) is 0 Å². The molecule has 0 spiro atoms. The predicted molar refractivity (Wildman–Crippen MR) is 46.4 cm³/mol. The molecule has 2 nitrogen and oxygen atoms in total. The molecule has 1 aromatic carbocycles. The van der Waals surface area contributed by atoms with Gasteiger partial charge in [-0.1, -0.05) is 17.7 Å². The third-order valence-corrected chi connectivity index (χ3v) is 1.42. The van der Waals surface area contributed by atoms with E-state index in [4.69, 9.17) is 4.89 Å². The van der Waals surface area contributed by atoms with E-state index >= 15 is 0 Å². The van der Waals surface area contributed by atoms with Crippen LogP contribution in [-0.2, 0) is 4.33 Å². The maximum Gasteiger partial charge on any atom is 0.166 e. The fraction of sp³-hybridized carbons (Fsp3) is 0.250. The van der Waals surface area contributed by atoms with Crippen LogP contribution in [0.4, 0.5) is 0 Å². The quantitative estimate of drug-likeness (QED) is 0.394. The van der Waals surface area contributed by atoms with Gasteiger partial charge in [0.1, 0.15) is 0 Å². The Balaban J connectivity index is 2.52. The SMILES string of the molecule is CSOOc1ccc(C)cc1. The van der Waals surface area contributed by atoms with Crippen molar-refractivity contribution in [1.82, 2.24) is 0 Å². The Morgan fingerprint density at radius 3 is 2.36 bits per heavy atom. The summed E-state index contributed by atoms with van der Waals surface area (Å²) < 4.78 is 4.68. The maximum atomic E-state index is 4.87. The van der Waals surface area contributed by atoms with Gasteiger partial charge in [0.2, 0.25) is 0 Å². The van der Waals surface area contributed by atoms with Gasteiger partial charge in [-0.25, -0.2) is 0 Å². The van der Waals surface area contributed by atoms with Crippen molar-refractivity contribution >= 4 is 12.0 Å². The van der Waals surface area contributed by atoms with Crippen molar-refractivity contribution in [1.29, 1.82) is 0 Å². The van der Waals surface area contributed by atoms with Crippen molar-refractivity contribution < 1.29 is 9.22 Å². The molecule has 0 heterocycles. The second-order valence-corrected chi connectivity index (χ2v) is 2.60. The highest BCUT2D eigenvalue weighted by atomic mass is 32.2. The Labute approximate surface area is 70.6 Å². The molecule has 1 rings (SSSR count). The zero-order chi connectivity index (χ0) is 8.10. The van der Waals surface area contributed by atoms with Crippen LogP contribution < -0.4 is 4.89 Å². The smallest absolute Gasteiger partial charge is 0.166 e. The van der Waals surface area contributed by atoms with E-state index < -0.39 is 0 Å². The van der Waals surface area contributed by atoms with Crippen LogP contribution >= 0.6 is 12.0 Å². The summed E-state index contributed by atoms with van der Waals surface area (Å²) in [5, 5.41) is 0. The number of benzene rings is 1. The summed E-state index contributed by atoms with van der Waals surface area (Å²) in [7, 11) is 0. The van der Waals surface area contributed by atoms with Gasteiger partial charge in [-0.05, 0) is 19.1 Å². The summed E-state index contributed by atoms with van der Waals surface area (Å²) in [6.45, 7) is 2.03. The highest BCUT2D eigenvalue weighted by Crippen LogP contribution is 2.13. The van der Waals surface area contributed by atoms with Crippen molar-refractivity contribution in [3.8, 4) is 5.75 Å². The lowest BCUT2D eigenvalue weighted by atomic mass is 10.2. The predicted octanol–water partition coefficient (Wildman–Crippen LogP) is 2.58. The summed E-state index contributed by atoms with van der Waals surface area (Å²) in [6, 6.07) is 7.68. The fourth-order valence-electron chi connectivity index (χ4n) is 0.667. The first-order valence-corrected chi connectivity index (χ1v) is 4.42. The lowest BCUT2D eigenvalue weighted by Gasteiger charge is -2.00. The molecule has 0 amide bonds. The highest BCUT2D eigenvalue weighted by molar-refractivity contribution is 7.93. The lowest BCUT2D eigenvalue weighted by Crippen LogP contribution is -1.87. The van der Waals surface area contributed by atoms with Crippen molar-refractivity contribution in [2.45, 2.75) is 6.92 Å². The van der Waals surface area contributed by atoms with Crippen LogP contribution in [0.2, 0.25) is 0 Å². The van der Waals surface area contributed by atoms with Crippen molar-refractivity contribution in [2.75, 3.05) is 6.26 Å². The Bertz CT molecular complexity index is 208. The molecule has 0 atom stereocenters. The van der Waals surface area contributed by atoms with E-state index in [-0.39, 0.29) is 0 Å². The molecule has 0 bridgehead atoms. The molecule has 60 valence electrons. The summed E-state index contributed by atoms with van der Waals surface area (Å²) >= 11 is 1.18. The molecule has 0 saturated carbocycles. The van der Waals surface area contributed by atoms with E-state index in [1.165, 1.54) is 17.6 Å². The Kier molecular flexibility index (Phi) is 3.26. The van der Waals surface area contributed by atoms with Crippen molar-refractivity contribution in [3.63, 3.8) is 0 Å². The molecule has 0 saturated heterocycles. The third-order valence-electron chi connectivity index (χ3n) is 1.22. The minimum atomic E-state index is 0.727. The average Bonchev–Trinajstić information content (AvgIpc) is 2.04. The van der Waals surface area contributed by atoms with Crippen molar-refractivity contribution in [2.24, 2.45) is 0 Å². The molecule has 3 heteroatoms. The molecule has 0 radical (unpaired) electrons. The highest BCUT2D eigenvalue weighted by Gasteiger charge is 1.91. The Morgan fingerprint density at radius 1 is 1.18 bits per heavy atom. The third kappa shape index (κ3) is 2.82. The first kappa shape index (κ1) is 8.43. The maximum absolute atomic E-state index is 4.87. The van der Waals surface area contributed by atoms with Crippen LogP contribution in [0.25, 0.3) is 0 Å². The molecule has 0 aromatic heterocycles. The molecule has 1 aromatic rings. The van der Waals surface area contributed by atoms with Crippen LogP contribution in [0.5, 0.6) is 5.75 Å². The van der Waals surface area contributed by atoms with Gasteiger partial charge in [0, 0.05) is 18.3 Å². The number of aryl methyl sites for hydroxylation is 1. The standard InChI is InChI=1S/C8H10O2S/c1-7-3-5-8(6-4-7)9-10-11-2/h3-6H,1-2H3. The van der Waals surface area contributed by atoms with Gasteiger partial charge >= 0.3 is 0 Å². The monoisotopic (exact) mass is 170 g/mol. The first-order chi connectivity index (χ1) is 5.33. The van der Waals surface area contributed by atoms with Crippen LogP contribution in [0.15, 0.2) is 24.3 Å². The second-order valence-electron chi connectivity index (χ2n) is 2.13. The average molecular weight is 170 g/mol. The summed E-state index contributed by atoms with van der Waals surface area (Å²) in [5.74, 6) is 0.727. The fourth-order valence-corrected chi connectivity index (χ4v) is 0.814. The van der Waals surface area contributed by atoms with Gasteiger partial charge in [0.05, 0.1) is 0 Å².